The zero-order valence-corrected chi connectivity index (χ0v) is 13.6. The fourth-order valence-corrected chi connectivity index (χ4v) is 3.35. The summed E-state index contributed by atoms with van der Waals surface area (Å²) in [6, 6.07) is 4.96. The molecule has 21 heavy (non-hydrogen) atoms. The van der Waals surface area contributed by atoms with Gasteiger partial charge in [0.05, 0.1) is 4.92 Å². The largest absolute Gasteiger partial charge is 0.335 e. The van der Waals surface area contributed by atoms with Gasteiger partial charge in [-0.25, -0.2) is 0 Å². The molecule has 1 amide bonds. The zero-order chi connectivity index (χ0) is 15.4. The highest BCUT2D eigenvalue weighted by Gasteiger charge is 2.29. The third-order valence-corrected chi connectivity index (χ3v) is 4.44. The maximum Gasteiger partial charge on any atom is 0.273 e. The van der Waals surface area contributed by atoms with Crippen LogP contribution in [0.4, 0.5) is 5.69 Å². The van der Waals surface area contributed by atoms with Gasteiger partial charge in [0.25, 0.3) is 11.6 Å². The van der Waals surface area contributed by atoms with Crippen LogP contribution in [0.5, 0.6) is 0 Å². The standard InChI is InChI=1S/C15H19BrN2O3/c1-11-13(7-4-8-14(11)18(20)21)15(19)17(10-9-16)12-5-2-3-6-12/h4,7-8,12H,2-3,5-6,9-10H2,1H3. The Labute approximate surface area is 132 Å². The van der Waals surface area contributed by atoms with Gasteiger partial charge in [0.2, 0.25) is 0 Å². The molecule has 0 radical (unpaired) electrons. The number of carbonyl (C=O) groups is 1. The molecule has 0 N–H and O–H groups in total. The molecule has 6 heteroatoms. The zero-order valence-electron chi connectivity index (χ0n) is 12.0. The predicted octanol–water partition coefficient (Wildman–Crippen LogP) is 3.68. The van der Waals surface area contributed by atoms with E-state index in [1.54, 1.807) is 19.1 Å². The lowest BCUT2D eigenvalue weighted by Crippen LogP contribution is -2.40. The van der Waals surface area contributed by atoms with Crippen molar-refractivity contribution in [2.24, 2.45) is 0 Å². The molecule has 1 aliphatic rings. The summed E-state index contributed by atoms with van der Waals surface area (Å²) in [6.07, 6.45) is 4.33. The van der Waals surface area contributed by atoms with E-state index in [0.29, 0.717) is 23.0 Å². The maximum absolute atomic E-state index is 12.8. The number of alkyl halides is 1. The second kappa shape index (κ2) is 7.02. The molecule has 1 saturated carbocycles. The summed E-state index contributed by atoms with van der Waals surface area (Å²) < 4.78 is 0. The Hall–Kier alpha value is -1.43. The van der Waals surface area contributed by atoms with Crippen molar-refractivity contribution in [3.63, 3.8) is 0 Å². The SMILES string of the molecule is Cc1c(C(=O)N(CCBr)C2CCCC2)cccc1[N+](=O)[O-]. The lowest BCUT2D eigenvalue weighted by molar-refractivity contribution is -0.385. The van der Waals surface area contributed by atoms with E-state index in [1.165, 1.54) is 6.07 Å². The number of amides is 1. The highest BCUT2D eigenvalue weighted by molar-refractivity contribution is 9.09. The van der Waals surface area contributed by atoms with E-state index in [4.69, 9.17) is 0 Å². The van der Waals surface area contributed by atoms with Crippen LogP contribution in [-0.2, 0) is 0 Å². The van der Waals surface area contributed by atoms with Crippen molar-refractivity contribution in [2.75, 3.05) is 11.9 Å². The van der Waals surface area contributed by atoms with E-state index >= 15 is 0 Å². The Morgan fingerprint density at radius 2 is 2.10 bits per heavy atom. The molecule has 1 aromatic rings. The molecular weight excluding hydrogens is 336 g/mol. The molecule has 5 nitrogen and oxygen atoms in total. The second-order valence-corrected chi connectivity index (χ2v) is 6.13. The van der Waals surface area contributed by atoms with Gasteiger partial charge in [0.15, 0.2) is 0 Å². The molecule has 0 atom stereocenters. The van der Waals surface area contributed by atoms with E-state index in [2.05, 4.69) is 15.9 Å². The molecule has 1 aromatic carbocycles. The molecule has 0 bridgehead atoms. The molecule has 114 valence electrons. The average molecular weight is 355 g/mol. The van der Waals surface area contributed by atoms with Gasteiger partial charge in [-0.15, -0.1) is 0 Å². The third kappa shape index (κ3) is 3.43. The average Bonchev–Trinajstić information content (AvgIpc) is 2.98. The summed E-state index contributed by atoms with van der Waals surface area (Å²) in [5.74, 6) is -0.0949. The Bertz CT molecular complexity index is 542. The summed E-state index contributed by atoms with van der Waals surface area (Å²) in [6.45, 7) is 2.28. The molecular formula is C15H19BrN2O3. The molecule has 0 unspecified atom stereocenters. The van der Waals surface area contributed by atoms with Crippen molar-refractivity contribution < 1.29 is 9.72 Å². The highest BCUT2D eigenvalue weighted by atomic mass is 79.9. The van der Waals surface area contributed by atoms with Crippen molar-refractivity contribution in [1.82, 2.24) is 4.90 Å². The Morgan fingerprint density at radius 3 is 2.67 bits per heavy atom. The van der Waals surface area contributed by atoms with Gasteiger partial charge in [0.1, 0.15) is 0 Å². The molecule has 0 heterocycles. The number of nitro benzene ring substituents is 1. The number of hydrogen-bond donors (Lipinski definition) is 0. The van der Waals surface area contributed by atoms with Gasteiger partial charge in [-0.3, -0.25) is 14.9 Å². The van der Waals surface area contributed by atoms with E-state index in [-0.39, 0.29) is 17.6 Å². The maximum atomic E-state index is 12.8. The van der Waals surface area contributed by atoms with Crippen LogP contribution in [0.1, 0.15) is 41.6 Å². The summed E-state index contributed by atoms with van der Waals surface area (Å²) in [7, 11) is 0. The van der Waals surface area contributed by atoms with Crippen LogP contribution in [0.15, 0.2) is 18.2 Å². The van der Waals surface area contributed by atoms with Gasteiger partial charge in [-0.05, 0) is 25.8 Å². The smallest absolute Gasteiger partial charge is 0.273 e. The number of carbonyl (C=O) groups excluding carboxylic acids is 1. The summed E-state index contributed by atoms with van der Waals surface area (Å²) in [5.41, 5.74) is 0.896. The third-order valence-electron chi connectivity index (χ3n) is 4.08. The molecule has 0 saturated heterocycles. The van der Waals surface area contributed by atoms with Gasteiger partial charge < -0.3 is 4.90 Å². The molecule has 0 aromatic heterocycles. The fourth-order valence-electron chi connectivity index (χ4n) is 2.96. The first-order valence-electron chi connectivity index (χ1n) is 7.17. The van der Waals surface area contributed by atoms with Crippen LogP contribution in [0.3, 0.4) is 0 Å². The van der Waals surface area contributed by atoms with Gasteiger partial charge >= 0.3 is 0 Å². The van der Waals surface area contributed by atoms with E-state index in [9.17, 15) is 14.9 Å². The lowest BCUT2D eigenvalue weighted by atomic mass is 10.0. The first-order chi connectivity index (χ1) is 10.1. The van der Waals surface area contributed by atoms with Crippen molar-refractivity contribution in [1.29, 1.82) is 0 Å². The van der Waals surface area contributed by atoms with E-state index in [0.717, 1.165) is 25.7 Å². The van der Waals surface area contributed by atoms with E-state index < -0.39 is 4.92 Å². The van der Waals surface area contributed by atoms with Gasteiger partial charge in [0, 0.05) is 35.1 Å². The van der Waals surface area contributed by atoms with Crippen LogP contribution in [-0.4, -0.2) is 33.6 Å². The molecule has 1 aliphatic carbocycles. The summed E-state index contributed by atoms with van der Waals surface area (Å²) >= 11 is 3.39. The number of nitrogens with zero attached hydrogens (tertiary/aromatic N) is 2. The van der Waals surface area contributed by atoms with Gasteiger partial charge in [-0.1, -0.05) is 34.8 Å². The monoisotopic (exact) mass is 354 g/mol. The normalized spacial score (nSPS) is 15.1. The minimum atomic E-state index is -0.434. The second-order valence-electron chi connectivity index (χ2n) is 5.33. The summed E-state index contributed by atoms with van der Waals surface area (Å²) in [5, 5.41) is 11.7. The number of nitro groups is 1. The molecule has 1 fully saturated rings. The predicted molar refractivity (Wildman–Crippen MR) is 84.9 cm³/mol. The quantitative estimate of drug-likeness (QED) is 0.460. The highest BCUT2D eigenvalue weighted by Crippen LogP contribution is 2.27. The number of rotatable bonds is 5. The minimum absolute atomic E-state index is 0.00561. The molecule has 0 spiro atoms. The van der Waals surface area contributed by atoms with Crippen LogP contribution >= 0.6 is 15.9 Å². The van der Waals surface area contributed by atoms with Crippen molar-refractivity contribution in [2.45, 2.75) is 38.6 Å². The van der Waals surface area contributed by atoms with Crippen molar-refractivity contribution in [3.05, 3.63) is 39.4 Å². The Morgan fingerprint density at radius 1 is 1.43 bits per heavy atom. The van der Waals surface area contributed by atoms with Crippen molar-refractivity contribution in [3.8, 4) is 0 Å². The molecule has 0 aliphatic heterocycles. The minimum Gasteiger partial charge on any atom is -0.335 e. The van der Waals surface area contributed by atoms with Crippen molar-refractivity contribution >= 4 is 27.5 Å². The van der Waals surface area contributed by atoms with Crippen LogP contribution < -0.4 is 0 Å². The summed E-state index contributed by atoms with van der Waals surface area (Å²) in [4.78, 5) is 25.3. The number of hydrogen-bond acceptors (Lipinski definition) is 3. The van der Waals surface area contributed by atoms with Crippen LogP contribution in [0.2, 0.25) is 0 Å². The van der Waals surface area contributed by atoms with Crippen LogP contribution in [0, 0.1) is 17.0 Å². The number of halogens is 1. The topological polar surface area (TPSA) is 63.5 Å². The Kier molecular flexibility index (Phi) is 5.33. The van der Waals surface area contributed by atoms with Crippen LogP contribution in [0.25, 0.3) is 0 Å². The van der Waals surface area contributed by atoms with Gasteiger partial charge in [-0.2, -0.15) is 0 Å². The molecule has 2 rings (SSSR count). The lowest BCUT2D eigenvalue weighted by Gasteiger charge is -2.29. The fraction of sp³-hybridized carbons (Fsp3) is 0.533. The van der Waals surface area contributed by atoms with E-state index in [1.807, 2.05) is 4.90 Å². The first-order valence-corrected chi connectivity index (χ1v) is 8.29. The first kappa shape index (κ1) is 15.9. The Balaban J connectivity index is 2.32. The number of benzene rings is 1.